The molecule has 1 aromatic rings. The van der Waals surface area contributed by atoms with E-state index in [1.165, 1.54) is 6.07 Å². The van der Waals surface area contributed by atoms with Gasteiger partial charge in [-0.05, 0) is 18.9 Å². The van der Waals surface area contributed by atoms with Gasteiger partial charge in [0, 0.05) is 25.2 Å². The van der Waals surface area contributed by atoms with E-state index in [2.05, 4.69) is 4.98 Å². The number of carboxylic acid groups (broad SMARTS) is 1. The van der Waals surface area contributed by atoms with Crippen LogP contribution in [0.25, 0.3) is 0 Å². The Morgan fingerprint density at radius 3 is 2.63 bits per heavy atom. The molecule has 3 N–H and O–H groups in total. The molecule has 0 unspecified atom stereocenters. The first-order valence-corrected chi connectivity index (χ1v) is 5.88. The predicted octanol–water partition coefficient (Wildman–Crippen LogP) is 0.615. The highest BCUT2D eigenvalue weighted by molar-refractivity contribution is 5.86. The minimum Gasteiger partial charge on any atom is -0.477 e. The zero-order valence-electron chi connectivity index (χ0n) is 10.2. The zero-order chi connectivity index (χ0) is 14.0. The van der Waals surface area contributed by atoms with Gasteiger partial charge in [0.15, 0.2) is 5.69 Å². The summed E-state index contributed by atoms with van der Waals surface area (Å²) in [4.78, 5) is 26.9. The van der Waals surface area contributed by atoms with E-state index in [0.29, 0.717) is 25.9 Å². The molecule has 2 rings (SSSR count). The van der Waals surface area contributed by atoms with Crippen molar-refractivity contribution in [1.29, 1.82) is 0 Å². The van der Waals surface area contributed by atoms with E-state index in [0.717, 1.165) is 6.07 Å². The van der Waals surface area contributed by atoms with Gasteiger partial charge in [-0.1, -0.05) is 0 Å². The summed E-state index contributed by atoms with van der Waals surface area (Å²) in [7, 11) is 0. The third kappa shape index (κ3) is 2.79. The normalized spacial score (nSPS) is 16.4. The number of carboxylic acids is 1. The van der Waals surface area contributed by atoms with Crippen molar-refractivity contribution in [3.05, 3.63) is 27.9 Å². The first-order valence-electron chi connectivity index (χ1n) is 5.88. The Hall–Kier alpha value is -2.22. The largest absolute Gasteiger partial charge is 0.477 e. The number of aromatic carboxylic acids is 1. The van der Waals surface area contributed by atoms with Crippen LogP contribution in [0.1, 0.15) is 23.3 Å². The first kappa shape index (κ1) is 13.2. The highest BCUT2D eigenvalue weighted by Crippen LogP contribution is 2.28. The Labute approximate surface area is 109 Å². The smallest absolute Gasteiger partial charge is 0.354 e. The van der Waals surface area contributed by atoms with Crippen molar-refractivity contribution in [1.82, 2.24) is 4.98 Å². The molecule has 0 saturated carbocycles. The summed E-state index contributed by atoms with van der Waals surface area (Å²) in [6.45, 7) is 1.08. The van der Waals surface area contributed by atoms with Crippen molar-refractivity contribution in [2.75, 3.05) is 18.0 Å². The number of nitro groups is 1. The monoisotopic (exact) mass is 266 g/mol. The summed E-state index contributed by atoms with van der Waals surface area (Å²) in [5.74, 6) is -1.10. The maximum absolute atomic E-state index is 11.0. The van der Waals surface area contributed by atoms with Crippen LogP contribution in [-0.4, -0.2) is 40.1 Å². The Balaban J connectivity index is 2.37. The van der Waals surface area contributed by atoms with E-state index in [4.69, 9.17) is 10.8 Å². The minimum absolute atomic E-state index is 0.0814. The van der Waals surface area contributed by atoms with E-state index < -0.39 is 10.9 Å². The molecule has 0 bridgehead atoms. The lowest BCUT2D eigenvalue weighted by Gasteiger charge is -2.30. The van der Waals surface area contributed by atoms with Crippen LogP contribution >= 0.6 is 0 Å². The number of nitrogens with zero attached hydrogens (tertiary/aromatic N) is 3. The van der Waals surface area contributed by atoms with E-state index in [1.807, 2.05) is 0 Å². The maximum atomic E-state index is 11.0. The molecule has 0 spiro atoms. The molecule has 2 heterocycles. The van der Waals surface area contributed by atoms with E-state index in [1.54, 1.807) is 4.90 Å². The Morgan fingerprint density at radius 2 is 2.11 bits per heavy atom. The van der Waals surface area contributed by atoms with Crippen LogP contribution < -0.4 is 10.6 Å². The van der Waals surface area contributed by atoms with Crippen LogP contribution in [0, 0.1) is 10.1 Å². The molecule has 1 aliphatic rings. The lowest BCUT2D eigenvalue weighted by Crippen LogP contribution is -2.40. The SMILES string of the molecule is NC1CCN(c2nc(C(=O)O)ccc2[N+](=O)[O-])CC1. The summed E-state index contributed by atoms with van der Waals surface area (Å²) in [6, 6.07) is 2.40. The average molecular weight is 266 g/mol. The van der Waals surface area contributed by atoms with Crippen molar-refractivity contribution in [2.24, 2.45) is 5.73 Å². The van der Waals surface area contributed by atoms with Crippen LogP contribution in [0.15, 0.2) is 12.1 Å². The molecule has 1 fully saturated rings. The van der Waals surface area contributed by atoms with Crippen LogP contribution in [0.3, 0.4) is 0 Å². The van der Waals surface area contributed by atoms with Crippen molar-refractivity contribution in [3.63, 3.8) is 0 Å². The van der Waals surface area contributed by atoms with Gasteiger partial charge in [-0.3, -0.25) is 10.1 Å². The van der Waals surface area contributed by atoms with Gasteiger partial charge in [0.2, 0.25) is 5.82 Å². The molecule has 102 valence electrons. The quantitative estimate of drug-likeness (QED) is 0.607. The van der Waals surface area contributed by atoms with Gasteiger partial charge in [0.05, 0.1) is 4.92 Å². The molecule has 0 aromatic carbocycles. The summed E-state index contributed by atoms with van der Waals surface area (Å²) in [5.41, 5.74) is 5.40. The van der Waals surface area contributed by atoms with Crippen molar-refractivity contribution >= 4 is 17.5 Å². The second kappa shape index (κ2) is 5.19. The number of carbonyl (C=O) groups is 1. The number of hydrogen-bond donors (Lipinski definition) is 2. The second-order valence-corrected chi connectivity index (χ2v) is 4.43. The molecule has 1 aliphatic heterocycles. The molecule has 0 radical (unpaired) electrons. The Morgan fingerprint density at radius 1 is 1.47 bits per heavy atom. The summed E-state index contributed by atoms with van der Waals surface area (Å²) < 4.78 is 0. The fourth-order valence-corrected chi connectivity index (χ4v) is 2.05. The van der Waals surface area contributed by atoms with Gasteiger partial charge < -0.3 is 15.7 Å². The highest BCUT2D eigenvalue weighted by Gasteiger charge is 2.26. The van der Waals surface area contributed by atoms with Crippen LogP contribution in [0.5, 0.6) is 0 Å². The van der Waals surface area contributed by atoms with Crippen molar-refractivity contribution in [2.45, 2.75) is 18.9 Å². The minimum atomic E-state index is -1.20. The van der Waals surface area contributed by atoms with Crippen LogP contribution in [0.4, 0.5) is 11.5 Å². The molecule has 1 saturated heterocycles. The van der Waals surface area contributed by atoms with Gasteiger partial charge in [-0.25, -0.2) is 9.78 Å². The number of piperidine rings is 1. The van der Waals surface area contributed by atoms with Crippen LogP contribution in [-0.2, 0) is 0 Å². The second-order valence-electron chi connectivity index (χ2n) is 4.43. The van der Waals surface area contributed by atoms with Crippen molar-refractivity contribution in [3.8, 4) is 0 Å². The van der Waals surface area contributed by atoms with E-state index in [9.17, 15) is 14.9 Å². The summed E-state index contributed by atoms with van der Waals surface area (Å²) in [6.07, 6.45) is 1.41. The van der Waals surface area contributed by atoms with Gasteiger partial charge in [-0.15, -0.1) is 0 Å². The molecule has 0 aliphatic carbocycles. The zero-order valence-corrected chi connectivity index (χ0v) is 10.2. The van der Waals surface area contributed by atoms with Gasteiger partial charge in [0.1, 0.15) is 0 Å². The number of aromatic nitrogens is 1. The summed E-state index contributed by atoms with van der Waals surface area (Å²) in [5, 5.41) is 19.9. The summed E-state index contributed by atoms with van der Waals surface area (Å²) >= 11 is 0. The van der Waals surface area contributed by atoms with Crippen molar-refractivity contribution < 1.29 is 14.8 Å². The number of hydrogen-bond acceptors (Lipinski definition) is 6. The molecule has 8 nitrogen and oxygen atoms in total. The van der Waals surface area contributed by atoms with Gasteiger partial charge >= 0.3 is 11.7 Å². The number of nitrogens with two attached hydrogens (primary N) is 1. The first-order chi connectivity index (χ1) is 8.99. The van der Waals surface area contributed by atoms with E-state index in [-0.39, 0.29) is 23.2 Å². The van der Waals surface area contributed by atoms with Gasteiger partial charge in [0.25, 0.3) is 0 Å². The lowest BCUT2D eigenvalue weighted by atomic mass is 10.1. The topological polar surface area (TPSA) is 123 Å². The lowest BCUT2D eigenvalue weighted by molar-refractivity contribution is -0.384. The maximum Gasteiger partial charge on any atom is 0.354 e. The molecule has 0 amide bonds. The number of anilines is 1. The van der Waals surface area contributed by atoms with Crippen LogP contribution in [0.2, 0.25) is 0 Å². The third-order valence-corrected chi connectivity index (χ3v) is 3.11. The Bertz CT molecular complexity index is 511. The Kier molecular flexibility index (Phi) is 3.61. The molecule has 1 aromatic heterocycles. The standard InChI is InChI=1S/C11H14N4O4/c12-7-3-5-14(6-4-7)10-9(15(18)19)2-1-8(13-10)11(16)17/h1-2,7H,3-6,12H2,(H,16,17). The number of pyridine rings is 1. The molecular weight excluding hydrogens is 252 g/mol. The highest BCUT2D eigenvalue weighted by atomic mass is 16.6. The predicted molar refractivity (Wildman–Crippen MR) is 67.3 cm³/mol. The number of rotatable bonds is 3. The molecule has 0 atom stereocenters. The fourth-order valence-electron chi connectivity index (χ4n) is 2.05. The fraction of sp³-hybridized carbons (Fsp3) is 0.455. The molecular formula is C11H14N4O4. The molecule has 8 heteroatoms. The van der Waals surface area contributed by atoms with Gasteiger partial charge in [-0.2, -0.15) is 0 Å². The molecule has 19 heavy (non-hydrogen) atoms. The third-order valence-electron chi connectivity index (χ3n) is 3.11. The average Bonchev–Trinajstić information content (AvgIpc) is 2.38. The van der Waals surface area contributed by atoms with E-state index >= 15 is 0 Å².